The number of rotatable bonds is 5. The van der Waals surface area contributed by atoms with Gasteiger partial charge in [-0.2, -0.15) is 0 Å². The van der Waals surface area contributed by atoms with Gasteiger partial charge in [-0.15, -0.1) is 0 Å². The molecule has 1 aromatic carbocycles. The van der Waals surface area contributed by atoms with E-state index in [0.29, 0.717) is 6.04 Å². The van der Waals surface area contributed by atoms with Crippen molar-refractivity contribution in [3.63, 3.8) is 0 Å². The van der Waals surface area contributed by atoms with Crippen molar-refractivity contribution in [3.8, 4) is 0 Å². The molecule has 0 aromatic heterocycles. The molecule has 1 aliphatic rings. The molecule has 0 aliphatic heterocycles. The summed E-state index contributed by atoms with van der Waals surface area (Å²) in [6.45, 7) is 2.22. The smallest absolute Gasteiger partial charge is 0.0366 e. The standard InChI is InChI=1S/C16H26N2/c1-4-16(17-2)13-9-11-15(12-10-13)18(3)14-7-5-6-8-14/h9-12,14,16-17H,4-8H2,1-3H3. The molecule has 0 radical (unpaired) electrons. The van der Waals surface area contributed by atoms with Gasteiger partial charge in [-0.05, 0) is 44.0 Å². The molecule has 2 nitrogen and oxygen atoms in total. The van der Waals surface area contributed by atoms with Gasteiger partial charge in [0.05, 0.1) is 0 Å². The number of benzene rings is 1. The van der Waals surface area contributed by atoms with Gasteiger partial charge in [0, 0.05) is 24.8 Å². The van der Waals surface area contributed by atoms with Gasteiger partial charge in [0.15, 0.2) is 0 Å². The number of hydrogen-bond donors (Lipinski definition) is 1. The van der Waals surface area contributed by atoms with Crippen LogP contribution in [0.15, 0.2) is 24.3 Å². The Labute approximate surface area is 111 Å². The molecule has 1 fully saturated rings. The maximum absolute atomic E-state index is 3.36. The van der Waals surface area contributed by atoms with Crippen molar-refractivity contribution < 1.29 is 0 Å². The first-order chi connectivity index (χ1) is 8.76. The topological polar surface area (TPSA) is 15.3 Å². The molecule has 1 atom stereocenters. The van der Waals surface area contributed by atoms with E-state index in [1.807, 2.05) is 7.05 Å². The molecule has 1 aromatic rings. The lowest BCUT2D eigenvalue weighted by atomic mass is 10.0. The summed E-state index contributed by atoms with van der Waals surface area (Å²) in [5.74, 6) is 0. The van der Waals surface area contributed by atoms with Crippen LogP contribution in [0.2, 0.25) is 0 Å². The molecular weight excluding hydrogens is 220 g/mol. The monoisotopic (exact) mass is 246 g/mol. The van der Waals surface area contributed by atoms with Crippen molar-refractivity contribution in [1.29, 1.82) is 0 Å². The number of anilines is 1. The van der Waals surface area contributed by atoms with E-state index >= 15 is 0 Å². The largest absolute Gasteiger partial charge is 0.372 e. The SMILES string of the molecule is CCC(NC)c1ccc(N(C)C2CCCC2)cc1. The Morgan fingerprint density at radius 3 is 2.33 bits per heavy atom. The third-order valence-electron chi connectivity index (χ3n) is 4.33. The average Bonchev–Trinajstić information content (AvgIpc) is 2.94. The Kier molecular flexibility index (Phi) is 4.65. The highest BCUT2D eigenvalue weighted by Gasteiger charge is 2.19. The van der Waals surface area contributed by atoms with Crippen LogP contribution in [0, 0.1) is 0 Å². The second-order valence-corrected chi connectivity index (χ2v) is 5.39. The molecule has 1 saturated carbocycles. The number of hydrogen-bond acceptors (Lipinski definition) is 2. The van der Waals surface area contributed by atoms with Gasteiger partial charge in [0.25, 0.3) is 0 Å². The van der Waals surface area contributed by atoms with E-state index in [1.54, 1.807) is 0 Å². The summed E-state index contributed by atoms with van der Waals surface area (Å²) in [5, 5.41) is 3.36. The first-order valence-electron chi connectivity index (χ1n) is 7.26. The van der Waals surface area contributed by atoms with Crippen molar-refractivity contribution in [2.45, 2.75) is 51.1 Å². The lowest BCUT2D eigenvalue weighted by Crippen LogP contribution is -2.28. The fourth-order valence-electron chi connectivity index (χ4n) is 3.05. The van der Waals surface area contributed by atoms with Gasteiger partial charge in [0.2, 0.25) is 0 Å². The minimum Gasteiger partial charge on any atom is -0.372 e. The zero-order valence-corrected chi connectivity index (χ0v) is 11.9. The number of nitrogens with zero attached hydrogens (tertiary/aromatic N) is 1. The Hall–Kier alpha value is -1.02. The third kappa shape index (κ3) is 2.86. The Bertz CT molecular complexity index is 348. The number of nitrogens with one attached hydrogen (secondary N) is 1. The van der Waals surface area contributed by atoms with E-state index in [9.17, 15) is 0 Å². The van der Waals surface area contributed by atoms with E-state index in [4.69, 9.17) is 0 Å². The fourth-order valence-corrected chi connectivity index (χ4v) is 3.05. The summed E-state index contributed by atoms with van der Waals surface area (Å²) >= 11 is 0. The van der Waals surface area contributed by atoms with Gasteiger partial charge in [-0.1, -0.05) is 31.9 Å². The first-order valence-corrected chi connectivity index (χ1v) is 7.26. The van der Waals surface area contributed by atoms with Crippen LogP contribution in [-0.2, 0) is 0 Å². The predicted octanol–water partition coefficient (Wildman–Crippen LogP) is 3.74. The summed E-state index contributed by atoms with van der Waals surface area (Å²) in [7, 11) is 4.27. The highest BCUT2D eigenvalue weighted by Crippen LogP contribution is 2.28. The second-order valence-electron chi connectivity index (χ2n) is 5.39. The summed E-state index contributed by atoms with van der Waals surface area (Å²) in [4.78, 5) is 2.46. The fraction of sp³-hybridized carbons (Fsp3) is 0.625. The Morgan fingerprint density at radius 2 is 1.83 bits per heavy atom. The van der Waals surface area contributed by atoms with E-state index in [-0.39, 0.29) is 0 Å². The van der Waals surface area contributed by atoms with Crippen LogP contribution >= 0.6 is 0 Å². The summed E-state index contributed by atoms with van der Waals surface area (Å²) in [6.07, 6.45) is 6.63. The van der Waals surface area contributed by atoms with Gasteiger partial charge in [-0.3, -0.25) is 0 Å². The van der Waals surface area contributed by atoms with Gasteiger partial charge < -0.3 is 10.2 Å². The van der Waals surface area contributed by atoms with Crippen molar-refractivity contribution in [3.05, 3.63) is 29.8 Å². The maximum atomic E-state index is 3.36. The molecule has 0 spiro atoms. The predicted molar refractivity (Wildman–Crippen MR) is 79.2 cm³/mol. The molecule has 100 valence electrons. The summed E-state index contributed by atoms with van der Waals surface area (Å²) in [6, 6.07) is 10.3. The molecule has 18 heavy (non-hydrogen) atoms. The molecule has 2 heteroatoms. The molecule has 0 bridgehead atoms. The maximum Gasteiger partial charge on any atom is 0.0366 e. The van der Waals surface area contributed by atoms with Crippen LogP contribution in [0.5, 0.6) is 0 Å². The van der Waals surface area contributed by atoms with Crippen molar-refractivity contribution >= 4 is 5.69 Å². The molecule has 1 unspecified atom stereocenters. The normalized spacial score (nSPS) is 17.9. The van der Waals surface area contributed by atoms with Gasteiger partial charge in [0.1, 0.15) is 0 Å². The highest BCUT2D eigenvalue weighted by atomic mass is 15.1. The highest BCUT2D eigenvalue weighted by molar-refractivity contribution is 5.48. The molecule has 0 saturated heterocycles. The van der Waals surface area contributed by atoms with Crippen molar-refractivity contribution in [2.75, 3.05) is 19.0 Å². The lowest BCUT2D eigenvalue weighted by Gasteiger charge is -2.27. The van der Waals surface area contributed by atoms with E-state index in [0.717, 1.165) is 12.5 Å². The van der Waals surface area contributed by atoms with E-state index < -0.39 is 0 Å². The van der Waals surface area contributed by atoms with Crippen LogP contribution in [0.1, 0.15) is 50.6 Å². The van der Waals surface area contributed by atoms with Crippen LogP contribution in [-0.4, -0.2) is 20.1 Å². The van der Waals surface area contributed by atoms with Crippen LogP contribution < -0.4 is 10.2 Å². The quantitative estimate of drug-likeness (QED) is 0.851. The Balaban J connectivity index is 2.06. The summed E-state index contributed by atoms with van der Waals surface area (Å²) < 4.78 is 0. The van der Waals surface area contributed by atoms with E-state index in [2.05, 4.69) is 48.5 Å². The summed E-state index contributed by atoms with van der Waals surface area (Å²) in [5.41, 5.74) is 2.75. The molecular formula is C16H26N2. The van der Waals surface area contributed by atoms with E-state index in [1.165, 1.54) is 36.9 Å². The lowest BCUT2D eigenvalue weighted by molar-refractivity contribution is 0.576. The minimum atomic E-state index is 0.482. The van der Waals surface area contributed by atoms with Crippen LogP contribution in [0.25, 0.3) is 0 Å². The van der Waals surface area contributed by atoms with Gasteiger partial charge in [-0.25, -0.2) is 0 Å². The van der Waals surface area contributed by atoms with Crippen molar-refractivity contribution in [1.82, 2.24) is 5.32 Å². The molecule has 2 rings (SSSR count). The van der Waals surface area contributed by atoms with Crippen molar-refractivity contribution in [2.24, 2.45) is 0 Å². The first kappa shape index (κ1) is 13.4. The third-order valence-corrected chi connectivity index (χ3v) is 4.33. The molecule has 0 heterocycles. The van der Waals surface area contributed by atoms with Crippen LogP contribution in [0.4, 0.5) is 5.69 Å². The second kappa shape index (κ2) is 6.24. The van der Waals surface area contributed by atoms with Gasteiger partial charge >= 0.3 is 0 Å². The zero-order chi connectivity index (χ0) is 13.0. The molecule has 1 aliphatic carbocycles. The zero-order valence-electron chi connectivity index (χ0n) is 11.9. The minimum absolute atomic E-state index is 0.482. The van der Waals surface area contributed by atoms with Crippen LogP contribution in [0.3, 0.4) is 0 Å². The molecule has 1 N–H and O–H groups in total. The Morgan fingerprint density at radius 1 is 1.22 bits per heavy atom. The molecule has 0 amide bonds. The average molecular weight is 246 g/mol.